The predicted molar refractivity (Wildman–Crippen MR) is 41.4 cm³/mol. The van der Waals surface area contributed by atoms with Crippen LogP contribution in [0, 0.1) is 5.92 Å². The molecule has 1 aliphatic carbocycles. The van der Waals surface area contributed by atoms with Crippen molar-refractivity contribution in [3.8, 4) is 0 Å². The molecular formula is C8H14N2. The number of likely N-dealkylation sites (tertiary alicyclic amines) is 1. The highest BCUT2D eigenvalue weighted by molar-refractivity contribution is 5.43. The third-order valence-electron chi connectivity index (χ3n) is 2.60. The molecule has 56 valence electrons. The Morgan fingerprint density at radius 1 is 1.60 bits per heavy atom. The number of hydrogen-bond donors (Lipinski definition) is 1. The molecule has 1 fully saturated rings. The Morgan fingerprint density at radius 3 is 2.70 bits per heavy atom. The Balaban J connectivity index is 1.99. The zero-order valence-corrected chi connectivity index (χ0v) is 6.59. The maximum atomic E-state index is 5.69. The fraction of sp³-hybridized carbons (Fsp3) is 0.750. The van der Waals surface area contributed by atoms with E-state index >= 15 is 0 Å². The quantitative estimate of drug-likeness (QED) is 0.573. The van der Waals surface area contributed by atoms with E-state index < -0.39 is 0 Å². The van der Waals surface area contributed by atoms with Crippen molar-refractivity contribution < 1.29 is 0 Å². The van der Waals surface area contributed by atoms with E-state index in [1.807, 2.05) is 0 Å². The van der Waals surface area contributed by atoms with Gasteiger partial charge in [-0.05, 0) is 19.4 Å². The van der Waals surface area contributed by atoms with Crippen LogP contribution in [0.5, 0.6) is 0 Å². The lowest BCUT2D eigenvalue weighted by molar-refractivity contribution is 0.268. The van der Waals surface area contributed by atoms with Crippen LogP contribution in [-0.4, -0.2) is 24.0 Å². The van der Waals surface area contributed by atoms with Gasteiger partial charge in [0.2, 0.25) is 0 Å². The van der Waals surface area contributed by atoms with Crippen LogP contribution in [0.3, 0.4) is 0 Å². The molecule has 0 amide bonds. The van der Waals surface area contributed by atoms with Crippen molar-refractivity contribution in [2.24, 2.45) is 11.7 Å². The third-order valence-corrected chi connectivity index (χ3v) is 2.60. The van der Waals surface area contributed by atoms with E-state index in [0.29, 0.717) is 12.0 Å². The fourth-order valence-corrected chi connectivity index (χ4v) is 1.66. The van der Waals surface area contributed by atoms with E-state index in [0.717, 1.165) is 6.54 Å². The molecule has 0 aromatic carbocycles. The third kappa shape index (κ3) is 0.686. The molecule has 0 saturated carbocycles. The number of hydrogen-bond acceptors (Lipinski definition) is 2. The molecule has 2 nitrogen and oxygen atoms in total. The monoisotopic (exact) mass is 138 g/mol. The molecule has 2 rings (SSSR count). The van der Waals surface area contributed by atoms with Crippen LogP contribution in [0.2, 0.25) is 0 Å². The highest BCUT2D eigenvalue weighted by Crippen LogP contribution is 2.42. The second-order valence-electron chi connectivity index (χ2n) is 3.56. The molecular weight excluding hydrogens is 124 g/mol. The van der Waals surface area contributed by atoms with Gasteiger partial charge in [0.1, 0.15) is 0 Å². The van der Waals surface area contributed by atoms with E-state index in [4.69, 9.17) is 5.73 Å². The van der Waals surface area contributed by atoms with Gasteiger partial charge in [0.15, 0.2) is 0 Å². The molecule has 0 aromatic rings. The molecule has 1 saturated heterocycles. The molecule has 0 aromatic heterocycles. The molecule has 2 N–H and O–H groups in total. The average molecular weight is 138 g/mol. The number of nitrogens with two attached hydrogens (primary N) is 1. The van der Waals surface area contributed by atoms with Crippen LogP contribution < -0.4 is 5.73 Å². The largest absolute Gasteiger partial charge is 0.401 e. The fourth-order valence-electron chi connectivity index (χ4n) is 1.66. The lowest BCUT2D eigenvalue weighted by Gasteiger charge is -2.20. The summed E-state index contributed by atoms with van der Waals surface area (Å²) in [4.78, 5) is 2.47. The normalized spacial score (nSPS) is 31.7. The Labute approximate surface area is 61.7 Å². The zero-order valence-electron chi connectivity index (χ0n) is 6.59. The van der Waals surface area contributed by atoms with Gasteiger partial charge in [-0.1, -0.05) is 0 Å². The SMILES string of the molecule is CC(C)N1CC2=C(N)C2C1. The second-order valence-corrected chi connectivity index (χ2v) is 3.56. The maximum Gasteiger partial charge on any atom is 0.0355 e. The number of fused-ring (bicyclic) bond motifs is 1. The van der Waals surface area contributed by atoms with Gasteiger partial charge in [-0.3, -0.25) is 4.90 Å². The van der Waals surface area contributed by atoms with Gasteiger partial charge in [-0.15, -0.1) is 0 Å². The lowest BCUT2D eigenvalue weighted by atomic mass is 10.3. The van der Waals surface area contributed by atoms with Crippen molar-refractivity contribution in [1.82, 2.24) is 4.90 Å². The van der Waals surface area contributed by atoms with E-state index in [2.05, 4.69) is 18.7 Å². The first-order valence-corrected chi connectivity index (χ1v) is 3.92. The van der Waals surface area contributed by atoms with Crippen molar-refractivity contribution in [3.63, 3.8) is 0 Å². The van der Waals surface area contributed by atoms with Gasteiger partial charge in [0.05, 0.1) is 0 Å². The maximum absolute atomic E-state index is 5.69. The smallest absolute Gasteiger partial charge is 0.0355 e. The molecule has 1 heterocycles. The minimum Gasteiger partial charge on any atom is -0.401 e. The van der Waals surface area contributed by atoms with E-state index in [1.54, 1.807) is 0 Å². The molecule has 10 heavy (non-hydrogen) atoms. The average Bonchev–Trinajstić information content (AvgIpc) is 2.38. The van der Waals surface area contributed by atoms with Gasteiger partial charge in [0, 0.05) is 30.7 Å². The summed E-state index contributed by atoms with van der Waals surface area (Å²) in [5, 5.41) is 0. The summed E-state index contributed by atoms with van der Waals surface area (Å²) in [6.07, 6.45) is 0. The van der Waals surface area contributed by atoms with Gasteiger partial charge in [-0.2, -0.15) is 0 Å². The van der Waals surface area contributed by atoms with E-state index in [1.165, 1.54) is 17.8 Å². The molecule has 1 atom stereocenters. The topological polar surface area (TPSA) is 29.3 Å². The summed E-state index contributed by atoms with van der Waals surface area (Å²) in [7, 11) is 0. The van der Waals surface area contributed by atoms with Crippen molar-refractivity contribution in [3.05, 3.63) is 11.3 Å². The van der Waals surface area contributed by atoms with Gasteiger partial charge >= 0.3 is 0 Å². The van der Waals surface area contributed by atoms with Crippen molar-refractivity contribution in [1.29, 1.82) is 0 Å². The van der Waals surface area contributed by atoms with E-state index in [-0.39, 0.29) is 0 Å². The molecule has 0 radical (unpaired) electrons. The minimum atomic E-state index is 0.683. The summed E-state index contributed by atoms with van der Waals surface area (Å²) in [6.45, 7) is 6.79. The number of nitrogens with zero attached hydrogens (tertiary/aromatic N) is 1. The van der Waals surface area contributed by atoms with Gasteiger partial charge in [-0.25, -0.2) is 0 Å². The summed E-state index contributed by atoms with van der Waals surface area (Å²) in [5.41, 5.74) is 8.37. The van der Waals surface area contributed by atoms with Gasteiger partial charge < -0.3 is 5.73 Å². The molecule has 2 heteroatoms. The highest BCUT2D eigenvalue weighted by atomic mass is 15.2. The molecule has 1 aliphatic heterocycles. The predicted octanol–water partition coefficient (Wildman–Crippen LogP) is 0.553. The zero-order chi connectivity index (χ0) is 7.30. The molecule has 1 unspecified atom stereocenters. The van der Waals surface area contributed by atoms with Gasteiger partial charge in [0.25, 0.3) is 0 Å². The van der Waals surface area contributed by atoms with E-state index in [9.17, 15) is 0 Å². The van der Waals surface area contributed by atoms with Crippen molar-refractivity contribution in [2.75, 3.05) is 13.1 Å². The summed E-state index contributed by atoms with van der Waals surface area (Å²) < 4.78 is 0. The Hall–Kier alpha value is -0.500. The van der Waals surface area contributed by atoms with Crippen LogP contribution in [-0.2, 0) is 0 Å². The first kappa shape index (κ1) is 6.23. The van der Waals surface area contributed by atoms with Crippen LogP contribution in [0.1, 0.15) is 13.8 Å². The first-order valence-electron chi connectivity index (χ1n) is 3.92. The summed E-state index contributed by atoms with van der Waals surface area (Å²) in [6, 6.07) is 0.688. The summed E-state index contributed by atoms with van der Waals surface area (Å²) in [5.74, 6) is 0.683. The number of rotatable bonds is 1. The van der Waals surface area contributed by atoms with Crippen molar-refractivity contribution in [2.45, 2.75) is 19.9 Å². The first-order chi connectivity index (χ1) is 4.70. The molecule has 2 aliphatic rings. The molecule has 0 bridgehead atoms. The lowest BCUT2D eigenvalue weighted by Crippen LogP contribution is -2.29. The molecule has 0 spiro atoms. The standard InChI is InChI=1S/C8H14N2/c1-5(2)10-3-6-7(4-10)8(6)9/h5-6H,3-4,9H2,1-2H3. The summed E-state index contributed by atoms with van der Waals surface area (Å²) >= 11 is 0. The second kappa shape index (κ2) is 1.76. The van der Waals surface area contributed by atoms with Crippen LogP contribution in [0.4, 0.5) is 0 Å². The Morgan fingerprint density at radius 2 is 2.30 bits per heavy atom. The minimum absolute atomic E-state index is 0.683. The van der Waals surface area contributed by atoms with Crippen molar-refractivity contribution >= 4 is 0 Å². The Kier molecular flexibility index (Phi) is 1.09. The van der Waals surface area contributed by atoms with Crippen LogP contribution >= 0.6 is 0 Å². The highest BCUT2D eigenvalue weighted by Gasteiger charge is 2.42. The van der Waals surface area contributed by atoms with Crippen LogP contribution in [0.25, 0.3) is 0 Å². The Bertz CT molecular complexity index is 193. The van der Waals surface area contributed by atoms with Crippen LogP contribution in [0.15, 0.2) is 11.3 Å².